The predicted octanol–water partition coefficient (Wildman–Crippen LogP) is 1.99. The molecule has 2 heterocycles. The number of benzene rings is 1. The molecular weight excluding hydrogens is 330 g/mol. The van der Waals surface area contributed by atoms with Gasteiger partial charge in [0, 0.05) is 46.4 Å². The summed E-state index contributed by atoms with van der Waals surface area (Å²) >= 11 is 0. The second-order valence-corrected chi connectivity index (χ2v) is 6.92. The van der Waals surface area contributed by atoms with Crippen LogP contribution in [0.25, 0.3) is 0 Å². The van der Waals surface area contributed by atoms with E-state index in [0.717, 1.165) is 76.9 Å². The van der Waals surface area contributed by atoms with Crippen LogP contribution in [0.3, 0.4) is 0 Å². The number of nitrogens with zero attached hydrogens (tertiary/aromatic N) is 1. The van der Waals surface area contributed by atoms with Crippen LogP contribution in [0.1, 0.15) is 24.8 Å². The van der Waals surface area contributed by atoms with Crippen LogP contribution in [-0.2, 0) is 15.9 Å². The van der Waals surface area contributed by atoms with Gasteiger partial charge in [-0.15, -0.1) is 0 Å². The zero-order valence-electron chi connectivity index (χ0n) is 15.7. The van der Waals surface area contributed by atoms with Gasteiger partial charge in [-0.3, -0.25) is 4.99 Å². The van der Waals surface area contributed by atoms with Crippen LogP contribution in [0.5, 0.6) is 5.75 Å². The highest BCUT2D eigenvalue weighted by atomic mass is 16.5. The van der Waals surface area contributed by atoms with E-state index in [1.807, 2.05) is 12.1 Å². The van der Waals surface area contributed by atoms with Crippen molar-refractivity contribution in [1.82, 2.24) is 10.6 Å². The fourth-order valence-electron chi connectivity index (χ4n) is 3.34. The molecule has 144 valence electrons. The first-order chi connectivity index (χ1) is 12.8. The monoisotopic (exact) mass is 361 g/mol. The maximum absolute atomic E-state index is 5.94. The Hall–Kier alpha value is -1.79. The molecule has 1 atom stereocenters. The third kappa shape index (κ3) is 5.88. The molecule has 1 aromatic carbocycles. The molecule has 0 amide bonds. The average Bonchev–Trinajstić information content (AvgIpc) is 3.10. The van der Waals surface area contributed by atoms with Crippen LogP contribution >= 0.6 is 0 Å². The van der Waals surface area contributed by atoms with Gasteiger partial charge in [-0.25, -0.2) is 0 Å². The van der Waals surface area contributed by atoms with Gasteiger partial charge in [0.25, 0.3) is 0 Å². The molecule has 2 aliphatic heterocycles. The molecule has 1 fully saturated rings. The van der Waals surface area contributed by atoms with E-state index in [1.54, 1.807) is 7.05 Å². The molecule has 6 heteroatoms. The second-order valence-electron chi connectivity index (χ2n) is 6.92. The van der Waals surface area contributed by atoms with Gasteiger partial charge in [-0.2, -0.15) is 0 Å². The van der Waals surface area contributed by atoms with Crippen molar-refractivity contribution in [1.29, 1.82) is 0 Å². The number of hydrogen-bond acceptors (Lipinski definition) is 4. The first-order valence-electron chi connectivity index (χ1n) is 9.69. The summed E-state index contributed by atoms with van der Waals surface area (Å²) in [5.74, 6) is 2.49. The molecule has 1 saturated heterocycles. The van der Waals surface area contributed by atoms with Gasteiger partial charge in [0.05, 0.1) is 6.54 Å². The predicted molar refractivity (Wildman–Crippen MR) is 103 cm³/mol. The maximum atomic E-state index is 5.94. The lowest BCUT2D eigenvalue weighted by atomic mass is 10.0. The minimum atomic E-state index is 0.161. The summed E-state index contributed by atoms with van der Waals surface area (Å²) in [5, 5.41) is 6.68. The molecular formula is C20H31N3O3. The molecule has 0 bridgehead atoms. The van der Waals surface area contributed by atoms with Gasteiger partial charge in [0.1, 0.15) is 11.9 Å². The average molecular weight is 361 g/mol. The Bertz CT molecular complexity index is 548. The van der Waals surface area contributed by atoms with E-state index in [4.69, 9.17) is 14.2 Å². The number of ether oxygens (including phenoxy) is 3. The molecule has 0 saturated carbocycles. The minimum Gasteiger partial charge on any atom is -0.488 e. The van der Waals surface area contributed by atoms with E-state index < -0.39 is 0 Å². The zero-order chi connectivity index (χ0) is 18.0. The van der Waals surface area contributed by atoms with Crippen molar-refractivity contribution in [3.05, 3.63) is 29.8 Å². The summed E-state index contributed by atoms with van der Waals surface area (Å²) in [4.78, 5) is 4.27. The largest absolute Gasteiger partial charge is 0.488 e. The molecule has 2 N–H and O–H groups in total. The Kier molecular flexibility index (Phi) is 7.58. The molecule has 1 unspecified atom stereocenters. The molecule has 6 nitrogen and oxygen atoms in total. The smallest absolute Gasteiger partial charge is 0.191 e. The van der Waals surface area contributed by atoms with E-state index in [0.29, 0.717) is 5.92 Å². The molecule has 0 spiro atoms. The van der Waals surface area contributed by atoms with Gasteiger partial charge >= 0.3 is 0 Å². The lowest BCUT2D eigenvalue weighted by Gasteiger charge is -2.21. The highest BCUT2D eigenvalue weighted by Gasteiger charge is 2.22. The first kappa shape index (κ1) is 19.0. The Labute approximate surface area is 156 Å². The lowest BCUT2D eigenvalue weighted by molar-refractivity contribution is 0.0203. The minimum absolute atomic E-state index is 0.161. The number of fused-ring (bicyclic) bond motifs is 1. The van der Waals surface area contributed by atoms with Gasteiger partial charge in [-0.05, 0) is 36.8 Å². The normalized spacial score (nSPS) is 20.5. The number of hydrogen-bond donors (Lipinski definition) is 2. The van der Waals surface area contributed by atoms with Crippen LogP contribution in [-0.4, -0.2) is 58.6 Å². The SMILES string of the molecule is CN=C(NCCCOCC1CCOCC1)NCC1Cc2ccccc2O1. The lowest BCUT2D eigenvalue weighted by Crippen LogP contribution is -2.42. The maximum Gasteiger partial charge on any atom is 0.191 e. The van der Waals surface area contributed by atoms with E-state index in [1.165, 1.54) is 5.56 Å². The van der Waals surface area contributed by atoms with Crippen molar-refractivity contribution in [2.75, 3.05) is 46.6 Å². The number of aliphatic imine (C=N–C) groups is 1. The molecule has 3 rings (SSSR count). The van der Waals surface area contributed by atoms with Crippen molar-refractivity contribution >= 4 is 5.96 Å². The Morgan fingerprint density at radius 2 is 2.08 bits per heavy atom. The number of guanidine groups is 1. The number of para-hydroxylation sites is 1. The van der Waals surface area contributed by atoms with Crippen molar-refractivity contribution in [2.45, 2.75) is 31.8 Å². The van der Waals surface area contributed by atoms with E-state index >= 15 is 0 Å². The van der Waals surface area contributed by atoms with E-state index in [-0.39, 0.29) is 6.10 Å². The van der Waals surface area contributed by atoms with E-state index in [9.17, 15) is 0 Å². The summed E-state index contributed by atoms with van der Waals surface area (Å²) in [6.45, 7) is 4.99. The Morgan fingerprint density at radius 3 is 2.88 bits per heavy atom. The summed E-state index contributed by atoms with van der Waals surface area (Å²) in [6, 6.07) is 8.23. The Balaban J connectivity index is 1.24. The van der Waals surface area contributed by atoms with Gasteiger partial charge in [-0.1, -0.05) is 18.2 Å². The molecule has 0 aliphatic carbocycles. The van der Waals surface area contributed by atoms with Crippen LogP contribution < -0.4 is 15.4 Å². The topological polar surface area (TPSA) is 64.1 Å². The van der Waals surface area contributed by atoms with Crippen LogP contribution in [0.4, 0.5) is 0 Å². The molecule has 0 aromatic heterocycles. The van der Waals surface area contributed by atoms with Crippen LogP contribution in [0.15, 0.2) is 29.3 Å². The second kappa shape index (κ2) is 10.4. The molecule has 0 radical (unpaired) electrons. The number of rotatable bonds is 8. The van der Waals surface area contributed by atoms with Crippen molar-refractivity contribution in [2.24, 2.45) is 10.9 Å². The fourth-order valence-corrected chi connectivity index (χ4v) is 3.34. The van der Waals surface area contributed by atoms with Crippen LogP contribution in [0, 0.1) is 5.92 Å². The summed E-state index contributed by atoms with van der Waals surface area (Å²) in [6.07, 6.45) is 4.33. The third-order valence-electron chi connectivity index (χ3n) is 4.89. The van der Waals surface area contributed by atoms with Gasteiger partial charge < -0.3 is 24.8 Å². The third-order valence-corrected chi connectivity index (χ3v) is 4.89. The highest BCUT2D eigenvalue weighted by molar-refractivity contribution is 5.79. The highest BCUT2D eigenvalue weighted by Crippen LogP contribution is 2.27. The summed E-state index contributed by atoms with van der Waals surface area (Å²) in [7, 11) is 1.79. The van der Waals surface area contributed by atoms with Crippen molar-refractivity contribution < 1.29 is 14.2 Å². The van der Waals surface area contributed by atoms with Crippen molar-refractivity contribution in [3.8, 4) is 5.75 Å². The van der Waals surface area contributed by atoms with Crippen molar-refractivity contribution in [3.63, 3.8) is 0 Å². The summed E-state index contributed by atoms with van der Waals surface area (Å²) in [5.41, 5.74) is 1.28. The van der Waals surface area contributed by atoms with Crippen LogP contribution in [0.2, 0.25) is 0 Å². The molecule has 26 heavy (non-hydrogen) atoms. The summed E-state index contributed by atoms with van der Waals surface area (Å²) < 4.78 is 17.1. The zero-order valence-corrected chi connectivity index (χ0v) is 15.7. The molecule has 2 aliphatic rings. The quantitative estimate of drug-likeness (QED) is 0.421. The van der Waals surface area contributed by atoms with E-state index in [2.05, 4.69) is 27.8 Å². The Morgan fingerprint density at radius 1 is 1.23 bits per heavy atom. The van der Waals surface area contributed by atoms with Gasteiger partial charge in [0.15, 0.2) is 5.96 Å². The van der Waals surface area contributed by atoms with Gasteiger partial charge in [0.2, 0.25) is 0 Å². The fraction of sp³-hybridized carbons (Fsp3) is 0.650. The first-order valence-corrected chi connectivity index (χ1v) is 9.69. The number of nitrogens with one attached hydrogen (secondary N) is 2. The standard InChI is InChI=1S/C20H31N3O3/c1-21-20(22-9-4-10-25-15-16-7-11-24-12-8-16)23-14-18-13-17-5-2-3-6-19(17)26-18/h2-3,5-6,16,18H,4,7-15H2,1H3,(H2,21,22,23). The molecule has 1 aromatic rings.